The summed E-state index contributed by atoms with van der Waals surface area (Å²) in [5.41, 5.74) is 6.80. The zero-order valence-electron chi connectivity index (χ0n) is 12.2. The van der Waals surface area contributed by atoms with E-state index in [0.717, 1.165) is 0 Å². The van der Waals surface area contributed by atoms with E-state index in [1.165, 1.54) is 13.1 Å². The van der Waals surface area contributed by atoms with Gasteiger partial charge in [0.1, 0.15) is 5.82 Å². The number of hydrogen-bond acceptors (Lipinski definition) is 6. The first-order chi connectivity index (χ1) is 10.5. The van der Waals surface area contributed by atoms with E-state index in [-0.39, 0.29) is 11.5 Å². The largest absolute Gasteiger partial charge is 0.372 e. The maximum absolute atomic E-state index is 11.2. The lowest BCUT2D eigenvalue weighted by Gasteiger charge is -2.10. The van der Waals surface area contributed by atoms with Crippen molar-refractivity contribution >= 4 is 35.0 Å². The number of nitrogens with zero attached hydrogens (tertiary/aromatic N) is 2. The molecular weight excluding hydrogens is 284 g/mol. The monoisotopic (exact) mass is 300 g/mol. The molecule has 22 heavy (non-hydrogen) atoms. The molecule has 0 spiro atoms. The van der Waals surface area contributed by atoms with Gasteiger partial charge in [-0.2, -0.15) is 4.98 Å². The Bertz CT molecular complexity index is 716. The Morgan fingerprint density at radius 1 is 1.23 bits per heavy atom. The third-order valence-electron chi connectivity index (χ3n) is 2.73. The fourth-order valence-electron chi connectivity index (χ4n) is 1.82. The van der Waals surface area contributed by atoms with Crippen molar-refractivity contribution in [3.05, 3.63) is 36.0 Å². The topological polar surface area (TPSA) is 122 Å². The van der Waals surface area contributed by atoms with Gasteiger partial charge in [-0.25, -0.2) is 4.98 Å². The number of carbonyl (C=O) groups is 2. The molecule has 0 aliphatic carbocycles. The van der Waals surface area contributed by atoms with Crippen molar-refractivity contribution in [2.75, 3.05) is 23.0 Å². The van der Waals surface area contributed by atoms with Gasteiger partial charge in [0.05, 0.1) is 5.56 Å². The van der Waals surface area contributed by atoms with E-state index in [1.54, 1.807) is 31.3 Å². The first-order valence-electron chi connectivity index (χ1n) is 6.49. The van der Waals surface area contributed by atoms with Crippen LogP contribution in [0.25, 0.3) is 0 Å². The molecule has 5 N–H and O–H groups in total. The summed E-state index contributed by atoms with van der Waals surface area (Å²) in [6.45, 7) is 1.44. The van der Waals surface area contributed by atoms with E-state index >= 15 is 0 Å². The molecule has 0 radical (unpaired) electrons. The Kier molecular flexibility index (Phi) is 4.52. The third kappa shape index (κ3) is 3.69. The van der Waals surface area contributed by atoms with Crippen LogP contribution in [0.3, 0.4) is 0 Å². The third-order valence-corrected chi connectivity index (χ3v) is 2.73. The minimum atomic E-state index is -0.608. The lowest BCUT2D eigenvalue weighted by Crippen LogP contribution is -2.15. The highest BCUT2D eigenvalue weighted by Crippen LogP contribution is 2.20. The first kappa shape index (κ1) is 15.2. The Balaban J connectivity index is 2.23. The second-order valence-corrected chi connectivity index (χ2v) is 4.46. The summed E-state index contributed by atoms with van der Waals surface area (Å²) in [6.07, 6.45) is 1.35. The van der Waals surface area contributed by atoms with E-state index in [1.807, 2.05) is 0 Å². The molecule has 2 amide bonds. The van der Waals surface area contributed by atoms with Crippen LogP contribution in [0.15, 0.2) is 30.5 Å². The van der Waals surface area contributed by atoms with Crippen LogP contribution >= 0.6 is 0 Å². The number of primary amides is 1. The molecule has 2 rings (SSSR count). The molecule has 8 nitrogen and oxygen atoms in total. The van der Waals surface area contributed by atoms with Crippen LogP contribution in [-0.4, -0.2) is 28.8 Å². The number of nitrogens with one attached hydrogen (secondary N) is 3. The predicted octanol–water partition coefficient (Wildman–Crippen LogP) is 1.32. The summed E-state index contributed by atoms with van der Waals surface area (Å²) in [5, 5.41) is 8.47. The van der Waals surface area contributed by atoms with Crippen molar-refractivity contribution in [2.45, 2.75) is 6.92 Å². The van der Waals surface area contributed by atoms with Gasteiger partial charge in [0.25, 0.3) is 5.91 Å². The van der Waals surface area contributed by atoms with Gasteiger partial charge in [0, 0.05) is 31.5 Å². The Morgan fingerprint density at radius 2 is 1.95 bits per heavy atom. The van der Waals surface area contributed by atoms with Gasteiger partial charge in [0.2, 0.25) is 11.9 Å². The summed E-state index contributed by atoms with van der Waals surface area (Å²) >= 11 is 0. The lowest BCUT2D eigenvalue weighted by atomic mass is 10.2. The maximum Gasteiger partial charge on any atom is 0.254 e. The van der Waals surface area contributed by atoms with Gasteiger partial charge < -0.3 is 21.7 Å². The van der Waals surface area contributed by atoms with Gasteiger partial charge >= 0.3 is 0 Å². The maximum atomic E-state index is 11.2. The van der Waals surface area contributed by atoms with Crippen molar-refractivity contribution in [1.29, 1.82) is 0 Å². The fourth-order valence-corrected chi connectivity index (χ4v) is 1.82. The molecule has 8 heteroatoms. The van der Waals surface area contributed by atoms with Crippen LogP contribution in [0.4, 0.5) is 23.1 Å². The molecule has 0 aliphatic heterocycles. The second-order valence-electron chi connectivity index (χ2n) is 4.46. The average molecular weight is 300 g/mol. The van der Waals surface area contributed by atoms with Crippen molar-refractivity contribution in [2.24, 2.45) is 5.73 Å². The SMILES string of the molecule is CNc1nc(Nc2cccc(NC(C)=O)c2)ncc1C(N)=O. The number of hydrogen-bond donors (Lipinski definition) is 4. The summed E-state index contributed by atoms with van der Waals surface area (Å²) in [7, 11) is 1.63. The van der Waals surface area contributed by atoms with Gasteiger partial charge in [-0.1, -0.05) is 6.07 Å². The molecule has 2 aromatic rings. The Morgan fingerprint density at radius 3 is 2.59 bits per heavy atom. The molecule has 1 aromatic heterocycles. The zero-order chi connectivity index (χ0) is 16.1. The number of rotatable bonds is 5. The molecule has 0 atom stereocenters. The van der Waals surface area contributed by atoms with Crippen molar-refractivity contribution < 1.29 is 9.59 Å². The van der Waals surface area contributed by atoms with Crippen LogP contribution in [0.2, 0.25) is 0 Å². The molecule has 1 aromatic carbocycles. The molecule has 0 aliphatic rings. The highest BCUT2D eigenvalue weighted by atomic mass is 16.1. The van der Waals surface area contributed by atoms with Crippen molar-refractivity contribution in [3.8, 4) is 0 Å². The normalized spacial score (nSPS) is 9.91. The lowest BCUT2D eigenvalue weighted by molar-refractivity contribution is -0.114. The van der Waals surface area contributed by atoms with E-state index in [4.69, 9.17) is 5.73 Å². The first-order valence-corrected chi connectivity index (χ1v) is 6.49. The molecule has 114 valence electrons. The van der Waals surface area contributed by atoms with Crippen molar-refractivity contribution in [3.63, 3.8) is 0 Å². The molecule has 0 saturated carbocycles. The zero-order valence-corrected chi connectivity index (χ0v) is 12.2. The predicted molar refractivity (Wildman–Crippen MR) is 84.1 cm³/mol. The summed E-state index contributed by atoms with van der Waals surface area (Å²) in [4.78, 5) is 30.5. The Hall–Kier alpha value is -3.16. The summed E-state index contributed by atoms with van der Waals surface area (Å²) in [5.74, 6) is -0.127. The summed E-state index contributed by atoms with van der Waals surface area (Å²) < 4.78 is 0. The standard InChI is InChI=1S/C14H16N6O2/c1-8(21)18-9-4-3-5-10(6-9)19-14-17-7-11(12(15)22)13(16-2)20-14/h3-7H,1-2H3,(H2,15,22)(H,18,21)(H2,16,17,19,20). The minimum absolute atomic E-state index is 0.156. The quantitative estimate of drug-likeness (QED) is 0.660. The molecule has 0 saturated heterocycles. The molecule has 1 heterocycles. The van der Waals surface area contributed by atoms with Crippen LogP contribution in [0, 0.1) is 0 Å². The minimum Gasteiger partial charge on any atom is -0.372 e. The van der Waals surface area contributed by atoms with Crippen molar-refractivity contribution in [1.82, 2.24) is 9.97 Å². The van der Waals surface area contributed by atoms with Crippen LogP contribution in [-0.2, 0) is 4.79 Å². The molecular formula is C14H16N6O2. The molecule has 0 fully saturated rings. The van der Waals surface area contributed by atoms with E-state index in [2.05, 4.69) is 25.9 Å². The van der Waals surface area contributed by atoms with Crippen LogP contribution in [0.1, 0.15) is 17.3 Å². The number of benzene rings is 1. The van der Waals surface area contributed by atoms with Crippen LogP contribution < -0.4 is 21.7 Å². The fraction of sp³-hybridized carbons (Fsp3) is 0.143. The van der Waals surface area contributed by atoms with Gasteiger partial charge in [-0.15, -0.1) is 0 Å². The smallest absolute Gasteiger partial charge is 0.254 e. The number of carbonyl (C=O) groups excluding carboxylic acids is 2. The number of aromatic nitrogens is 2. The Labute approximate surface area is 127 Å². The number of anilines is 4. The molecule has 0 bridgehead atoms. The highest BCUT2D eigenvalue weighted by Gasteiger charge is 2.11. The van der Waals surface area contributed by atoms with E-state index < -0.39 is 5.91 Å². The van der Waals surface area contributed by atoms with Crippen LogP contribution in [0.5, 0.6) is 0 Å². The average Bonchev–Trinajstić information content (AvgIpc) is 2.46. The summed E-state index contributed by atoms with van der Waals surface area (Å²) in [6, 6.07) is 7.09. The van der Waals surface area contributed by atoms with E-state index in [0.29, 0.717) is 23.1 Å². The van der Waals surface area contributed by atoms with E-state index in [9.17, 15) is 9.59 Å². The van der Waals surface area contributed by atoms with Gasteiger partial charge in [-0.3, -0.25) is 9.59 Å². The number of amides is 2. The van der Waals surface area contributed by atoms with Gasteiger partial charge in [-0.05, 0) is 18.2 Å². The second kappa shape index (κ2) is 6.53. The molecule has 0 unspecified atom stereocenters. The van der Waals surface area contributed by atoms with Gasteiger partial charge in [0.15, 0.2) is 0 Å². The number of nitrogens with two attached hydrogens (primary N) is 1. The highest BCUT2D eigenvalue weighted by molar-refractivity contribution is 5.97.